The van der Waals surface area contributed by atoms with Gasteiger partial charge >= 0.3 is 0 Å². The summed E-state index contributed by atoms with van der Waals surface area (Å²) in [7, 11) is 0. The molecule has 1 atom stereocenters. The highest BCUT2D eigenvalue weighted by molar-refractivity contribution is 6.03. The molecular formula is C11H10FN3O3. The van der Waals surface area contributed by atoms with Crippen molar-refractivity contribution in [1.29, 1.82) is 0 Å². The molecule has 1 aromatic rings. The Morgan fingerprint density at radius 1 is 1.50 bits per heavy atom. The van der Waals surface area contributed by atoms with Crippen LogP contribution in [0.25, 0.3) is 0 Å². The lowest BCUT2D eigenvalue weighted by molar-refractivity contribution is -0.134. The van der Waals surface area contributed by atoms with Gasteiger partial charge in [-0.05, 0) is 12.5 Å². The van der Waals surface area contributed by atoms with Crippen LogP contribution >= 0.6 is 0 Å². The Kier molecular flexibility index (Phi) is 3.31. The maximum atomic E-state index is 12.9. The lowest BCUT2D eigenvalue weighted by Gasteiger charge is -2.21. The van der Waals surface area contributed by atoms with Gasteiger partial charge in [0.15, 0.2) is 0 Å². The van der Waals surface area contributed by atoms with E-state index in [1.807, 2.05) is 0 Å². The van der Waals surface area contributed by atoms with Crippen LogP contribution < -0.4 is 10.6 Å². The van der Waals surface area contributed by atoms with Crippen LogP contribution in [0.1, 0.15) is 23.3 Å². The number of halogens is 1. The van der Waals surface area contributed by atoms with E-state index in [0.29, 0.717) is 0 Å². The van der Waals surface area contributed by atoms with E-state index in [4.69, 9.17) is 0 Å². The van der Waals surface area contributed by atoms with Crippen molar-refractivity contribution < 1.29 is 18.8 Å². The second-order valence-corrected chi connectivity index (χ2v) is 3.84. The van der Waals surface area contributed by atoms with E-state index < -0.39 is 23.7 Å². The predicted molar refractivity (Wildman–Crippen MR) is 57.8 cm³/mol. The first kappa shape index (κ1) is 12.2. The Labute approximate surface area is 102 Å². The maximum Gasteiger partial charge on any atom is 0.270 e. The number of piperidine rings is 1. The highest BCUT2D eigenvalue weighted by Crippen LogP contribution is 2.06. The van der Waals surface area contributed by atoms with Crippen molar-refractivity contribution >= 4 is 17.7 Å². The molecule has 2 rings (SSSR count). The van der Waals surface area contributed by atoms with Gasteiger partial charge in [-0.2, -0.15) is 0 Å². The van der Waals surface area contributed by atoms with Gasteiger partial charge in [-0.15, -0.1) is 0 Å². The summed E-state index contributed by atoms with van der Waals surface area (Å²) in [6.45, 7) is 0. The number of carbonyl (C=O) groups is 3. The van der Waals surface area contributed by atoms with Crippen molar-refractivity contribution in [2.75, 3.05) is 0 Å². The topological polar surface area (TPSA) is 88.2 Å². The Bertz CT molecular complexity index is 518. The highest BCUT2D eigenvalue weighted by Gasteiger charge is 2.28. The fourth-order valence-corrected chi connectivity index (χ4v) is 1.59. The quantitative estimate of drug-likeness (QED) is 0.710. The fraction of sp³-hybridized carbons (Fsp3) is 0.273. The molecule has 94 valence electrons. The largest absolute Gasteiger partial charge is 0.339 e. The Morgan fingerprint density at radius 3 is 2.94 bits per heavy atom. The molecule has 0 saturated carbocycles. The summed E-state index contributed by atoms with van der Waals surface area (Å²) >= 11 is 0. The van der Waals surface area contributed by atoms with E-state index in [-0.39, 0.29) is 24.4 Å². The van der Waals surface area contributed by atoms with E-state index in [1.54, 1.807) is 0 Å². The molecule has 7 heteroatoms. The molecule has 2 heterocycles. The smallest absolute Gasteiger partial charge is 0.270 e. The number of amides is 3. The number of rotatable bonds is 2. The normalized spacial score (nSPS) is 19.3. The number of carbonyl (C=O) groups excluding carboxylic acids is 3. The van der Waals surface area contributed by atoms with Gasteiger partial charge < -0.3 is 5.32 Å². The molecular weight excluding hydrogens is 241 g/mol. The number of aromatic nitrogens is 1. The standard InChI is InChI=1S/C11H10FN3O3/c12-6-3-4-13-8(5-6)11(18)14-7-1-2-9(16)15-10(7)17/h3-5,7H,1-2H2,(H,14,18)(H,15,16,17)/t7-/m1/s1. The van der Waals surface area contributed by atoms with Crippen molar-refractivity contribution in [1.82, 2.24) is 15.6 Å². The van der Waals surface area contributed by atoms with E-state index in [9.17, 15) is 18.8 Å². The van der Waals surface area contributed by atoms with Crippen LogP contribution in [0.3, 0.4) is 0 Å². The van der Waals surface area contributed by atoms with E-state index in [2.05, 4.69) is 15.6 Å². The number of hydrogen-bond acceptors (Lipinski definition) is 4. The van der Waals surface area contributed by atoms with Gasteiger partial charge in [-0.1, -0.05) is 0 Å². The molecule has 18 heavy (non-hydrogen) atoms. The monoisotopic (exact) mass is 251 g/mol. The third-order valence-corrected chi connectivity index (χ3v) is 2.50. The molecule has 6 nitrogen and oxygen atoms in total. The van der Waals surface area contributed by atoms with Gasteiger partial charge in [0.2, 0.25) is 11.8 Å². The van der Waals surface area contributed by atoms with Crippen LogP contribution in [-0.4, -0.2) is 28.7 Å². The van der Waals surface area contributed by atoms with Gasteiger partial charge in [0.1, 0.15) is 17.6 Å². The zero-order chi connectivity index (χ0) is 13.1. The van der Waals surface area contributed by atoms with Crippen LogP contribution in [-0.2, 0) is 9.59 Å². The summed E-state index contributed by atoms with van der Waals surface area (Å²) in [6, 6.07) is 1.30. The van der Waals surface area contributed by atoms with Crippen LogP contribution in [0, 0.1) is 5.82 Å². The molecule has 1 aliphatic rings. The molecule has 0 unspecified atom stereocenters. The second kappa shape index (κ2) is 4.91. The van der Waals surface area contributed by atoms with E-state index in [1.165, 1.54) is 0 Å². The number of nitrogens with one attached hydrogen (secondary N) is 2. The average Bonchev–Trinajstić information content (AvgIpc) is 2.32. The van der Waals surface area contributed by atoms with Crippen molar-refractivity contribution in [3.63, 3.8) is 0 Å². The molecule has 1 fully saturated rings. The van der Waals surface area contributed by atoms with Crippen molar-refractivity contribution in [2.45, 2.75) is 18.9 Å². The van der Waals surface area contributed by atoms with Gasteiger partial charge in [-0.25, -0.2) is 4.39 Å². The molecule has 0 radical (unpaired) electrons. The van der Waals surface area contributed by atoms with E-state index in [0.717, 1.165) is 18.3 Å². The summed E-state index contributed by atoms with van der Waals surface area (Å²) in [6.07, 6.45) is 1.55. The van der Waals surface area contributed by atoms with Gasteiger partial charge in [0.05, 0.1) is 0 Å². The van der Waals surface area contributed by atoms with Crippen LogP contribution in [0.2, 0.25) is 0 Å². The number of hydrogen-bond donors (Lipinski definition) is 2. The lowest BCUT2D eigenvalue weighted by atomic mass is 10.1. The molecule has 0 bridgehead atoms. The molecule has 3 amide bonds. The van der Waals surface area contributed by atoms with Crippen LogP contribution in [0.4, 0.5) is 4.39 Å². The number of nitrogens with zero attached hydrogens (tertiary/aromatic N) is 1. The first-order chi connectivity index (χ1) is 8.56. The highest BCUT2D eigenvalue weighted by atomic mass is 19.1. The Hall–Kier alpha value is -2.31. The molecule has 1 aromatic heterocycles. The molecule has 1 saturated heterocycles. The van der Waals surface area contributed by atoms with Crippen LogP contribution in [0.15, 0.2) is 18.3 Å². The second-order valence-electron chi connectivity index (χ2n) is 3.84. The summed E-state index contributed by atoms with van der Waals surface area (Å²) in [4.78, 5) is 37.7. The number of pyridine rings is 1. The minimum atomic E-state index is -0.791. The Morgan fingerprint density at radius 2 is 2.28 bits per heavy atom. The predicted octanol–water partition coefficient (Wildman–Crippen LogP) is -0.244. The SMILES string of the molecule is O=C1CC[C@@H](NC(=O)c2cc(F)ccn2)C(=O)N1. The lowest BCUT2D eigenvalue weighted by Crippen LogP contribution is -2.52. The molecule has 1 aliphatic heterocycles. The maximum absolute atomic E-state index is 12.9. The minimum absolute atomic E-state index is 0.111. The van der Waals surface area contributed by atoms with Crippen LogP contribution in [0.5, 0.6) is 0 Å². The molecule has 0 aromatic carbocycles. The summed E-state index contributed by atoms with van der Waals surface area (Å²) < 4.78 is 12.9. The summed E-state index contributed by atoms with van der Waals surface area (Å²) in [5, 5.41) is 4.51. The molecule has 0 aliphatic carbocycles. The fourth-order valence-electron chi connectivity index (χ4n) is 1.59. The molecule has 0 spiro atoms. The minimum Gasteiger partial charge on any atom is -0.339 e. The summed E-state index contributed by atoms with van der Waals surface area (Å²) in [5.41, 5.74) is -0.111. The zero-order valence-electron chi connectivity index (χ0n) is 9.27. The van der Waals surface area contributed by atoms with E-state index >= 15 is 0 Å². The molecule has 2 N–H and O–H groups in total. The third kappa shape index (κ3) is 2.68. The van der Waals surface area contributed by atoms with Crippen molar-refractivity contribution in [3.05, 3.63) is 29.8 Å². The average molecular weight is 251 g/mol. The Balaban J connectivity index is 2.03. The summed E-state index contributed by atoms with van der Waals surface area (Å²) in [5.74, 6) is -2.16. The first-order valence-corrected chi connectivity index (χ1v) is 5.32. The zero-order valence-corrected chi connectivity index (χ0v) is 9.27. The van der Waals surface area contributed by atoms with Crippen molar-refractivity contribution in [2.24, 2.45) is 0 Å². The van der Waals surface area contributed by atoms with Crippen molar-refractivity contribution in [3.8, 4) is 0 Å². The number of imide groups is 1. The van der Waals surface area contributed by atoms with Gasteiger partial charge in [-0.3, -0.25) is 24.7 Å². The van der Waals surface area contributed by atoms with Gasteiger partial charge in [0, 0.05) is 18.7 Å². The third-order valence-electron chi connectivity index (χ3n) is 2.50. The first-order valence-electron chi connectivity index (χ1n) is 5.32. The van der Waals surface area contributed by atoms with Gasteiger partial charge in [0.25, 0.3) is 5.91 Å².